The fourth-order valence-electron chi connectivity index (χ4n) is 1.53. The Hall–Kier alpha value is -0.690. The molecule has 1 rings (SSSR count). The van der Waals surface area contributed by atoms with Gasteiger partial charge in [0.15, 0.2) is 4.75 Å². The molecule has 1 aliphatic heterocycles. The molecule has 2 N–H and O–H groups in total. The number of hydrogen-bond acceptors (Lipinski definition) is 4. The fraction of sp³-hybridized carbons (Fsp3) is 0.778. The van der Waals surface area contributed by atoms with Gasteiger partial charge in [0.1, 0.15) is 0 Å². The molecule has 0 spiro atoms. The number of rotatable bonds is 5. The standard InChI is InChI=1S/C9H16N2O3S2/c1-9(2)8(12)11(16(9,13)14)6-4-3-5-7(10)15/h3-6H2,1-2H3,(H2,10,15). The second kappa shape index (κ2) is 4.29. The number of sulfonamides is 1. The van der Waals surface area contributed by atoms with E-state index in [-0.39, 0.29) is 12.5 Å². The first-order valence-corrected chi connectivity index (χ1v) is 6.91. The molecule has 0 bridgehead atoms. The lowest BCUT2D eigenvalue weighted by Gasteiger charge is -2.43. The van der Waals surface area contributed by atoms with E-state index >= 15 is 0 Å². The number of amides is 1. The van der Waals surface area contributed by atoms with Gasteiger partial charge >= 0.3 is 0 Å². The first-order chi connectivity index (χ1) is 7.21. The molecule has 1 fully saturated rings. The average Bonchev–Trinajstić information content (AvgIpc) is 2.15. The molecule has 0 unspecified atom stereocenters. The molecule has 92 valence electrons. The molecular weight excluding hydrogens is 248 g/mol. The van der Waals surface area contributed by atoms with Gasteiger partial charge in [-0.2, -0.15) is 0 Å². The van der Waals surface area contributed by atoms with E-state index in [0.717, 1.165) is 4.31 Å². The van der Waals surface area contributed by atoms with Crippen LogP contribution in [-0.2, 0) is 14.8 Å². The van der Waals surface area contributed by atoms with Gasteiger partial charge in [-0.05, 0) is 33.1 Å². The van der Waals surface area contributed by atoms with Gasteiger partial charge in [0.05, 0.1) is 4.99 Å². The molecule has 0 radical (unpaired) electrons. The van der Waals surface area contributed by atoms with E-state index in [2.05, 4.69) is 0 Å². The highest BCUT2D eigenvalue weighted by molar-refractivity contribution is 7.94. The maximum Gasteiger partial charge on any atom is 0.258 e. The number of nitrogens with zero attached hydrogens (tertiary/aromatic N) is 1. The Balaban J connectivity index is 2.47. The van der Waals surface area contributed by atoms with Gasteiger partial charge in [-0.25, -0.2) is 12.7 Å². The third-order valence-corrected chi connectivity index (χ3v) is 5.31. The van der Waals surface area contributed by atoms with E-state index in [0.29, 0.717) is 24.3 Å². The number of thiocarbonyl (C=S) groups is 1. The number of unbranched alkanes of at least 4 members (excludes halogenated alkanes) is 1. The summed E-state index contributed by atoms with van der Waals surface area (Å²) < 4.78 is 23.0. The van der Waals surface area contributed by atoms with E-state index in [1.807, 2.05) is 0 Å². The van der Waals surface area contributed by atoms with Crippen molar-refractivity contribution in [3.63, 3.8) is 0 Å². The summed E-state index contributed by atoms with van der Waals surface area (Å²) in [5, 5.41) is 0. The lowest BCUT2D eigenvalue weighted by molar-refractivity contribution is -0.132. The average molecular weight is 264 g/mol. The van der Waals surface area contributed by atoms with Crippen molar-refractivity contribution in [2.75, 3.05) is 6.54 Å². The smallest absolute Gasteiger partial charge is 0.258 e. The van der Waals surface area contributed by atoms with Gasteiger partial charge in [0.2, 0.25) is 0 Å². The molecule has 0 aromatic heterocycles. The van der Waals surface area contributed by atoms with Crippen LogP contribution < -0.4 is 5.73 Å². The first kappa shape index (κ1) is 13.4. The van der Waals surface area contributed by atoms with Crippen molar-refractivity contribution in [2.45, 2.75) is 37.9 Å². The summed E-state index contributed by atoms with van der Waals surface area (Å²) in [5.74, 6) is -0.331. The normalized spacial score (nSPS) is 21.6. The number of hydrogen-bond donors (Lipinski definition) is 1. The van der Waals surface area contributed by atoms with Crippen molar-refractivity contribution < 1.29 is 13.2 Å². The minimum atomic E-state index is -3.43. The summed E-state index contributed by atoms with van der Waals surface area (Å²) in [7, 11) is -3.43. The largest absolute Gasteiger partial charge is 0.393 e. The molecule has 1 amide bonds. The van der Waals surface area contributed by atoms with Crippen LogP contribution in [0.1, 0.15) is 33.1 Å². The van der Waals surface area contributed by atoms with Crippen molar-refractivity contribution in [3.05, 3.63) is 0 Å². The zero-order valence-corrected chi connectivity index (χ0v) is 11.0. The Morgan fingerprint density at radius 3 is 2.44 bits per heavy atom. The zero-order valence-electron chi connectivity index (χ0n) is 9.39. The monoisotopic (exact) mass is 264 g/mol. The minimum absolute atomic E-state index is 0.229. The molecule has 0 aliphatic carbocycles. The lowest BCUT2D eigenvalue weighted by atomic mass is 10.1. The highest BCUT2D eigenvalue weighted by atomic mass is 32.2. The summed E-state index contributed by atoms with van der Waals surface area (Å²) in [5.41, 5.74) is 5.31. The van der Waals surface area contributed by atoms with Crippen molar-refractivity contribution in [1.82, 2.24) is 4.31 Å². The van der Waals surface area contributed by atoms with Crippen LogP contribution in [0.2, 0.25) is 0 Å². The van der Waals surface area contributed by atoms with E-state index in [1.165, 1.54) is 13.8 Å². The molecule has 0 aromatic carbocycles. The van der Waals surface area contributed by atoms with Gasteiger partial charge in [0.25, 0.3) is 15.9 Å². The van der Waals surface area contributed by atoms with Gasteiger partial charge in [-0.1, -0.05) is 12.2 Å². The van der Waals surface area contributed by atoms with Crippen LogP contribution in [0.15, 0.2) is 0 Å². The van der Waals surface area contributed by atoms with Crippen molar-refractivity contribution in [2.24, 2.45) is 5.73 Å². The van der Waals surface area contributed by atoms with Crippen molar-refractivity contribution in [3.8, 4) is 0 Å². The second-order valence-corrected chi connectivity index (χ2v) is 7.25. The quantitative estimate of drug-likeness (QED) is 0.574. The van der Waals surface area contributed by atoms with Crippen LogP contribution in [0.25, 0.3) is 0 Å². The van der Waals surface area contributed by atoms with E-state index < -0.39 is 14.8 Å². The molecule has 1 saturated heterocycles. The van der Waals surface area contributed by atoms with Gasteiger partial charge in [0, 0.05) is 6.54 Å². The number of nitrogens with two attached hydrogens (primary N) is 1. The van der Waals surface area contributed by atoms with Crippen LogP contribution in [0.5, 0.6) is 0 Å². The third kappa shape index (κ3) is 2.06. The topological polar surface area (TPSA) is 80.5 Å². The van der Waals surface area contributed by atoms with Crippen molar-refractivity contribution in [1.29, 1.82) is 0 Å². The predicted molar refractivity (Wildman–Crippen MR) is 65.3 cm³/mol. The SMILES string of the molecule is CC1(C)C(=O)N(CCCCC(N)=S)S1(=O)=O. The minimum Gasteiger partial charge on any atom is -0.393 e. The summed E-state index contributed by atoms with van der Waals surface area (Å²) in [4.78, 5) is 11.9. The second-order valence-electron chi connectivity index (χ2n) is 4.32. The molecule has 7 heteroatoms. The Morgan fingerprint density at radius 1 is 1.44 bits per heavy atom. The summed E-state index contributed by atoms with van der Waals surface area (Å²) in [6.07, 6.45) is 1.88. The molecule has 0 aromatic rings. The number of carbonyl (C=O) groups excluding carboxylic acids is 1. The van der Waals surface area contributed by atoms with Crippen LogP contribution in [-0.4, -0.2) is 34.9 Å². The Labute approximate surface area is 101 Å². The van der Waals surface area contributed by atoms with Crippen LogP contribution >= 0.6 is 12.2 Å². The molecule has 0 atom stereocenters. The molecule has 5 nitrogen and oxygen atoms in total. The maximum absolute atomic E-state index is 11.7. The first-order valence-electron chi connectivity index (χ1n) is 5.06. The summed E-state index contributed by atoms with van der Waals surface area (Å²) in [6, 6.07) is 0. The number of carbonyl (C=O) groups is 1. The van der Waals surface area contributed by atoms with Gasteiger partial charge in [-0.15, -0.1) is 0 Å². The van der Waals surface area contributed by atoms with E-state index in [4.69, 9.17) is 18.0 Å². The Kier molecular flexibility index (Phi) is 3.59. The lowest BCUT2D eigenvalue weighted by Crippen LogP contribution is -2.67. The molecule has 1 heterocycles. The third-order valence-electron chi connectivity index (χ3n) is 2.71. The Bertz CT molecular complexity index is 414. The highest BCUT2D eigenvalue weighted by Crippen LogP contribution is 2.34. The van der Waals surface area contributed by atoms with Gasteiger partial charge < -0.3 is 5.73 Å². The van der Waals surface area contributed by atoms with Crippen LogP contribution in [0, 0.1) is 0 Å². The highest BCUT2D eigenvalue weighted by Gasteiger charge is 2.59. The van der Waals surface area contributed by atoms with Crippen LogP contribution in [0.4, 0.5) is 0 Å². The molecule has 0 saturated carbocycles. The summed E-state index contributed by atoms with van der Waals surface area (Å²) in [6.45, 7) is 3.08. The molecule has 1 aliphatic rings. The zero-order chi connectivity index (χ0) is 12.6. The van der Waals surface area contributed by atoms with Crippen molar-refractivity contribution >= 4 is 33.1 Å². The fourth-order valence-corrected chi connectivity index (χ4v) is 3.24. The van der Waals surface area contributed by atoms with E-state index in [9.17, 15) is 13.2 Å². The maximum atomic E-state index is 11.7. The Morgan fingerprint density at radius 2 is 2.00 bits per heavy atom. The van der Waals surface area contributed by atoms with Gasteiger partial charge in [-0.3, -0.25) is 4.79 Å². The predicted octanol–water partition coefficient (Wildman–Crippen LogP) is 0.393. The van der Waals surface area contributed by atoms with Crippen LogP contribution in [0.3, 0.4) is 0 Å². The molecule has 16 heavy (non-hydrogen) atoms. The molecular formula is C9H16N2O3S2. The summed E-state index contributed by atoms with van der Waals surface area (Å²) >= 11 is 4.70. The van der Waals surface area contributed by atoms with E-state index in [1.54, 1.807) is 0 Å².